The van der Waals surface area contributed by atoms with Crippen LogP contribution in [0, 0.1) is 0 Å². The molecule has 1 saturated carbocycles. The molecule has 2 fully saturated rings. The van der Waals surface area contributed by atoms with Crippen LogP contribution in [0.5, 0.6) is 0 Å². The normalized spacial score (nSPS) is 21.9. The lowest BCUT2D eigenvalue weighted by atomic mass is 9.93. The number of likely N-dealkylation sites (tertiary alicyclic amines) is 1. The van der Waals surface area contributed by atoms with Gasteiger partial charge in [0.15, 0.2) is 0 Å². The average molecular weight is 274 g/mol. The Balaban J connectivity index is 1.46. The second-order valence-electron chi connectivity index (χ2n) is 6.19. The van der Waals surface area contributed by atoms with Gasteiger partial charge in [-0.05, 0) is 25.7 Å². The number of imidazole rings is 1. The summed E-state index contributed by atoms with van der Waals surface area (Å²) in [5.74, 6) is 1.77. The van der Waals surface area contributed by atoms with E-state index in [1.807, 2.05) is 6.20 Å². The van der Waals surface area contributed by atoms with E-state index in [0.717, 1.165) is 18.9 Å². The lowest BCUT2D eigenvalue weighted by Gasteiger charge is -2.36. The largest absolute Gasteiger partial charge is 0.370 e. The minimum absolute atomic E-state index is 0.635. The second kappa shape index (κ2) is 6.33. The first kappa shape index (κ1) is 13.5. The highest BCUT2D eigenvalue weighted by Crippen LogP contribution is 2.27. The topological polar surface area (TPSA) is 44.0 Å². The number of aromatic amines is 1. The zero-order valence-corrected chi connectivity index (χ0v) is 12.3. The van der Waals surface area contributed by atoms with Crippen LogP contribution in [0.1, 0.15) is 56.6 Å². The number of piperidine rings is 1. The zero-order chi connectivity index (χ0) is 13.8. The molecule has 4 heteroatoms. The molecule has 0 unspecified atom stereocenters. The van der Waals surface area contributed by atoms with E-state index >= 15 is 0 Å². The third-order valence-corrected chi connectivity index (χ3v) is 4.81. The van der Waals surface area contributed by atoms with Crippen LogP contribution in [0.25, 0.3) is 0 Å². The molecule has 0 spiro atoms. The molecule has 1 aromatic rings. The number of aromatic nitrogens is 2. The van der Waals surface area contributed by atoms with Crippen molar-refractivity contribution >= 4 is 0 Å². The fourth-order valence-corrected chi connectivity index (χ4v) is 3.52. The van der Waals surface area contributed by atoms with Crippen LogP contribution in [0.4, 0.5) is 0 Å². The Hall–Kier alpha value is -1.45. The summed E-state index contributed by atoms with van der Waals surface area (Å²) in [6.07, 6.45) is 12.9. The van der Waals surface area contributed by atoms with Crippen LogP contribution in [0.2, 0.25) is 0 Å². The van der Waals surface area contributed by atoms with Crippen LogP contribution in [0.15, 0.2) is 24.9 Å². The summed E-state index contributed by atoms with van der Waals surface area (Å²) in [6.45, 7) is 6.45. The van der Waals surface area contributed by atoms with Gasteiger partial charge in [0, 0.05) is 36.9 Å². The molecule has 1 aliphatic heterocycles. The van der Waals surface area contributed by atoms with Gasteiger partial charge in [0.05, 0.1) is 12.1 Å². The van der Waals surface area contributed by atoms with E-state index < -0.39 is 0 Å². The Bertz CT molecular complexity index is 412. The number of nitrogens with zero attached hydrogens (tertiary/aromatic N) is 2. The molecule has 1 aliphatic carbocycles. The molecule has 2 N–H and O–H groups in total. The molecule has 0 aromatic carbocycles. The fourth-order valence-electron chi connectivity index (χ4n) is 3.52. The van der Waals surface area contributed by atoms with Gasteiger partial charge in [-0.25, -0.2) is 4.98 Å². The Morgan fingerprint density at radius 3 is 2.60 bits per heavy atom. The van der Waals surface area contributed by atoms with Gasteiger partial charge in [0.2, 0.25) is 0 Å². The first-order chi connectivity index (χ1) is 9.83. The first-order valence-electron chi connectivity index (χ1n) is 8.01. The maximum Gasteiger partial charge on any atom is 0.0940 e. The predicted molar refractivity (Wildman–Crippen MR) is 81.3 cm³/mol. The summed E-state index contributed by atoms with van der Waals surface area (Å²) < 4.78 is 0. The van der Waals surface area contributed by atoms with Gasteiger partial charge in [-0.1, -0.05) is 25.8 Å². The second-order valence-corrected chi connectivity index (χ2v) is 6.19. The molecule has 3 rings (SSSR count). The minimum Gasteiger partial charge on any atom is -0.370 e. The smallest absolute Gasteiger partial charge is 0.0940 e. The summed E-state index contributed by atoms with van der Waals surface area (Å²) in [7, 11) is 0. The van der Waals surface area contributed by atoms with Crippen LogP contribution in [-0.4, -0.2) is 34.0 Å². The predicted octanol–water partition coefficient (Wildman–Crippen LogP) is 2.98. The van der Waals surface area contributed by atoms with Crippen LogP contribution < -0.4 is 5.32 Å². The van der Waals surface area contributed by atoms with E-state index in [4.69, 9.17) is 0 Å². The van der Waals surface area contributed by atoms with Crippen molar-refractivity contribution < 1.29 is 0 Å². The van der Waals surface area contributed by atoms with E-state index in [0.29, 0.717) is 12.0 Å². The van der Waals surface area contributed by atoms with E-state index in [-0.39, 0.29) is 0 Å². The number of hydrogen-bond acceptors (Lipinski definition) is 3. The van der Waals surface area contributed by atoms with Crippen molar-refractivity contribution in [3.05, 3.63) is 30.6 Å². The van der Waals surface area contributed by atoms with E-state index in [1.165, 1.54) is 50.6 Å². The molecule has 4 nitrogen and oxygen atoms in total. The monoisotopic (exact) mass is 274 g/mol. The molecule has 2 aliphatic rings. The maximum absolute atomic E-state index is 4.25. The van der Waals surface area contributed by atoms with Crippen molar-refractivity contribution in [2.24, 2.45) is 0 Å². The van der Waals surface area contributed by atoms with Gasteiger partial charge in [-0.15, -0.1) is 0 Å². The van der Waals surface area contributed by atoms with Crippen molar-refractivity contribution in [3.8, 4) is 0 Å². The van der Waals surface area contributed by atoms with Crippen molar-refractivity contribution in [2.45, 2.75) is 56.9 Å². The highest BCUT2D eigenvalue weighted by Gasteiger charge is 2.23. The minimum atomic E-state index is 0.635. The van der Waals surface area contributed by atoms with Gasteiger partial charge in [-0.2, -0.15) is 0 Å². The van der Waals surface area contributed by atoms with Gasteiger partial charge in [-0.3, -0.25) is 0 Å². The standard InChI is InChI=1S/C16H26N4/c1-13(19-15-5-3-2-4-6-15)20-9-7-14(8-10-20)16-11-17-12-18-16/h11-12,14-15,19H,1-10H2,(H,17,18). The molecule has 0 amide bonds. The van der Waals surface area contributed by atoms with Crippen LogP contribution in [-0.2, 0) is 0 Å². The fraction of sp³-hybridized carbons (Fsp3) is 0.688. The summed E-state index contributed by atoms with van der Waals surface area (Å²) in [5.41, 5.74) is 1.29. The summed E-state index contributed by atoms with van der Waals surface area (Å²) in [6, 6.07) is 0.654. The lowest BCUT2D eigenvalue weighted by molar-refractivity contribution is 0.233. The molecule has 0 bridgehead atoms. The number of nitrogens with one attached hydrogen (secondary N) is 2. The highest BCUT2D eigenvalue weighted by atomic mass is 15.2. The molecule has 2 heterocycles. The zero-order valence-electron chi connectivity index (χ0n) is 12.3. The first-order valence-corrected chi connectivity index (χ1v) is 8.01. The maximum atomic E-state index is 4.25. The number of hydrogen-bond donors (Lipinski definition) is 2. The average Bonchev–Trinajstić information content (AvgIpc) is 3.03. The summed E-state index contributed by atoms with van der Waals surface area (Å²) in [5, 5.41) is 3.65. The Morgan fingerprint density at radius 1 is 1.20 bits per heavy atom. The molecular formula is C16H26N4. The Morgan fingerprint density at radius 2 is 1.95 bits per heavy atom. The van der Waals surface area contributed by atoms with Gasteiger partial charge in [0.25, 0.3) is 0 Å². The molecule has 0 radical (unpaired) electrons. The van der Waals surface area contributed by atoms with Gasteiger partial charge in [0.1, 0.15) is 0 Å². The van der Waals surface area contributed by atoms with Crippen LogP contribution in [0.3, 0.4) is 0 Å². The van der Waals surface area contributed by atoms with E-state index in [9.17, 15) is 0 Å². The van der Waals surface area contributed by atoms with E-state index in [1.54, 1.807) is 6.33 Å². The van der Waals surface area contributed by atoms with Crippen molar-refractivity contribution in [1.82, 2.24) is 20.2 Å². The Kier molecular flexibility index (Phi) is 4.28. The summed E-state index contributed by atoms with van der Waals surface area (Å²) >= 11 is 0. The molecule has 110 valence electrons. The summed E-state index contributed by atoms with van der Waals surface area (Å²) in [4.78, 5) is 9.80. The lowest BCUT2D eigenvalue weighted by Crippen LogP contribution is -2.41. The van der Waals surface area contributed by atoms with Gasteiger partial charge >= 0.3 is 0 Å². The van der Waals surface area contributed by atoms with Crippen molar-refractivity contribution in [1.29, 1.82) is 0 Å². The SMILES string of the molecule is C=C(NC1CCCCC1)N1CCC(c2cnc[nH]2)CC1. The molecule has 0 atom stereocenters. The highest BCUT2D eigenvalue weighted by molar-refractivity contribution is 5.07. The third kappa shape index (κ3) is 3.17. The van der Waals surface area contributed by atoms with Crippen molar-refractivity contribution in [2.75, 3.05) is 13.1 Å². The molecule has 20 heavy (non-hydrogen) atoms. The number of H-pyrrole nitrogens is 1. The molecule has 1 aromatic heterocycles. The van der Waals surface area contributed by atoms with Gasteiger partial charge < -0.3 is 15.2 Å². The quantitative estimate of drug-likeness (QED) is 0.887. The van der Waals surface area contributed by atoms with Crippen LogP contribution >= 0.6 is 0 Å². The van der Waals surface area contributed by atoms with Crippen molar-refractivity contribution in [3.63, 3.8) is 0 Å². The molecular weight excluding hydrogens is 248 g/mol. The van der Waals surface area contributed by atoms with E-state index in [2.05, 4.69) is 26.8 Å². The number of rotatable bonds is 4. The third-order valence-electron chi connectivity index (χ3n) is 4.81. The Labute approximate surface area is 121 Å². The molecule has 1 saturated heterocycles.